The zero-order valence-electron chi connectivity index (χ0n) is 19.3. The molecule has 3 rings (SSSR count). The lowest BCUT2D eigenvalue weighted by atomic mass is 10.0. The summed E-state index contributed by atoms with van der Waals surface area (Å²) in [5.74, 6) is -1.59. The van der Waals surface area contributed by atoms with E-state index < -0.39 is 17.9 Å². The molecule has 9 heteroatoms. The molecule has 0 spiro atoms. The second-order valence-electron chi connectivity index (χ2n) is 8.20. The van der Waals surface area contributed by atoms with Gasteiger partial charge in [-0.1, -0.05) is 73.4 Å². The van der Waals surface area contributed by atoms with Gasteiger partial charge in [-0.25, -0.2) is 0 Å². The molecule has 1 unspecified atom stereocenters. The molecule has 0 saturated carbocycles. The van der Waals surface area contributed by atoms with Gasteiger partial charge in [0.05, 0.1) is 11.1 Å². The first kappa shape index (κ1) is 26.2. The van der Waals surface area contributed by atoms with Crippen molar-refractivity contribution in [3.8, 4) is 0 Å². The van der Waals surface area contributed by atoms with E-state index in [1.165, 1.54) is 18.5 Å². The first-order chi connectivity index (χ1) is 16.8. The van der Waals surface area contributed by atoms with Crippen LogP contribution in [-0.4, -0.2) is 28.7 Å². The number of carbonyl (C=O) groups is 3. The van der Waals surface area contributed by atoms with Crippen LogP contribution in [0.25, 0.3) is 0 Å². The summed E-state index contributed by atoms with van der Waals surface area (Å²) in [7, 11) is 0. The molecule has 1 heterocycles. The van der Waals surface area contributed by atoms with Crippen LogP contribution in [0.3, 0.4) is 0 Å². The van der Waals surface area contributed by atoms with Crippen molar-refractivity contribution < 1.29 is 14.4 Å². The quantitative estimate of drug-likeness (QED) is 0.395. The molecule has 182 valence electrons. The molecular weight excluding hydrogens is 487 g/mol. The fraction of sp³-hybridized carbons (Fsp3) is 0.231. The van der Waals surface area contributed by atoms with Crippen LogP contribution in [0.2, 0.25) is 10.0 Å². The smallest absolute Gasteiger partial charge is 0.253 e. The predicted octanol–water partition coefficient (Wildman–Crippen LogP) is 4.39. The zero-order valence-corrected chi connectivity index (χ0v) is 20.9. The average molecular weight is 513 g/mol. The fourth-order valence-corrected chi connectivity index (χ4v) is 3.78. The number of pyridine rings is 1. The summed E-state index contributed by atoms with van der Waals surface area (Å²) in [6, 6.07) is 15.0. The number of carbonyl (C=O) groups excluding carboxylic acids is 3. The second-order valence-corrected chi connectivity index (χ2v) is 9.01. The lowest BCUT2D eigenvalue weighted by Gasteiger charge is -2.22. The zero-order chi connectivity index (χ0) is 25.4. The SMILES string of the molecule is CC(C)C(NC(=O)c1ccncc1C(=O)NCc1ccccc1Cl)C(=O)NCc1ccccc1Cl. The Morgan fingerprint density at radius 2 is 1.37 bits per heavy atom. The van der Waals surface area contributed by atoms with Crippen molar-refractivity contribution in [3.05, 3.63) is 99.3 Å². The van der Waals surface area contributed by atoms with E-state index in [1.807, 2.05) is 38.1 Å². The molecule has 0 aliphatic heterocycles. The Labute approximate surface area is 214 Å². The molecule has 2 aromatic carbocycles. The van der Waals surface area contributed by atoms with Crippen LogP contribution in [0, 0.1) is 5.92 Å². The molecule has 35 heavy (non-hydrogen) atoms. The van der Waals surface area contributed by atoms with Gasteiger partial charge in [0.25, 0.3) is 11.8 Å². The highest BCUT2D eigenvalue weighted by molar-refractivity contribution is 6.31. The summed E-state index contributed by atoms with van der Waals surface area (Å²) in [6.07, 6.45) is 2.74. The maximum Gasteiger partial charge on any atom is 0.253 e. The third-order valence-corrected chi connectivity index (χ3v) is 6.09. The first-order valence-corrected chi connectivity index (χ1v) is 11.8. The van der Waals surface area contributed by atoms with E-state index in [-0.39, 0.29) is 36.0 Å². The largest absolute Gasteiger partial charge is 0.350 e. The fourth-order valence-electron chi connectivity index (χ4n) is 3.37. The van der Waals surface area contributed by atoms with Crippen molar-refractivity contribution in [3.63, 3.8) is 0 Å². The van der Waals surface area contributed by atoms with Gasteiger partial charge in [-0.15, -0.1) is 0 Å². The molecule has 3 aromatic rings. The van der Waals surface area contributed by atoms with E-state index in [4.69, 9.17) is 23.2 Å². The molecule has 0 aliphatic rings. The normalized spacial score (nSPS) is 11.6. The highest BCUT2D eigenvalue weighted by Gasteiger charge is 2.26. The Balaban J connectivity index is 1.69. The van der Waals surface area contributed by atoms with Gasteiger partial charge in [-0.3, -0.25) is 19.4 Å². The maximum absolute atomic E-state index is 13.1. The van der Waals surface area contributed by atoms with Crippen LogP contribution >= 0.6 is 23.2 Å². The van der Waals surface area contributed by atoms with Crippen LogP contribution in [0.1, 0.15) is 45.7 Å². The van der Waals surface area contributed by atoms with E-state index >= 15 is 0 Å². The number of aromatic nitrogens is 1. The number of hydrogen-bond acceptors (Lipinski definition) is 4. The number of nitrogens with one attached hydrogen (secondary N) is 3. The summed E-state index contributed by atoms with van der Waals surface area (Å²) in [5, 5.41) is 9.40. The third-order valence-electron chi connectivity index (χ3n) is 5.35. The van der Waals surface area contributed by atoms with Crippen LogP contribution < -0.4 is 16.0 Å². The number of halogens is 2. The molecule has 0 aliphatic carbocycles. The van der Waals surface area contributed by atoms with E-state index in [0.29, 0.717) is 10.0 Å². The van der Waals surface area contributed by atoms with Crippen LogP contribution in [0.4, 0.5) is 0 Å². The van der Waals surface area contributed by atoms with Crippen molar-refractivity contribution in [1.82, 2.24) is 20.9 Å². The van der Waals surface area contributed by atoms with E-state index in [1.54, 1.807) is 24.3 Å². The van der Waals surface area contributed by atoms with Gasteiger partial charge < -0.3 is 16.0 Å². The van der Waals surface area contributed by atoms with Crippen LogP contribution in [0.5, 0.6) is 0 Å². The van der Waals surface area contributed by atoms with Crippen molar-refractivity contribution in [1.29, 1.82) is 0 Å². The Bertz CT molecular complexity index is 1220. The summed E-state index contributed by atoms with van der Waals surface area (Å²) in [5.41, 5.74) is 1.72. The molecular formula is C26H26Cl2N4O3. The van der Waals surface area contributed by atoms with E-state index in [0.717, 1.165) is 11.1 Å². The predicted molar refractivity (Wildman–Crippen MR) is 136 cm³/mol. The van der Waals surface area contributed by atoms with Crippen LogP contribution in [0.15, 0.2) is 67.0 Å². The Hall–Kier alpha value is -3.42. The highest BCUT2D eigenvalue weighted by Crippen LogP contribution is 2.16. The standard InChI is InChI=1S/C26H26Cl2N4O3/c1-16(2)23(26(35)31-14-18-8-4-6-10-22(18)28)32-25(34)19-11-12-29-15-20(19)24(33)30-13-17-7-3-5-9-21(17)27/h3-12,15-16,23H,13-14H2,1-2H3,(H,30,33)(H,31,35)(H,32,34). The lowest BCUT2D eigenvalue weighted by molar-refractivity contribution is -0.124. The summed E-state index contributed by atoms with van der Waals surface area (Å²) >= 11 is 12.3. The number of hydrogen-bond donors (Lipinski definition) is 3. The number of benzene rings is 2. The minimum atomic E-state index is -0.822. The van der Waals surface area contributed by atoms with Gasteiger partial charge in [-0.05, 0) is 35.2 Å². The molecule has 1 atom stereocenters. The Morgan fingerprint density at radius 3 is 1.94 bits per heavy atom. The van der Waals surface area contributed by atoms with Gasteiger partial charge in [0.2, 0.25) is 5.91 Å². The van der Waals surface area contributed by atoms with E-state index in [2.05, 4.69) is 20.9 Å². The summed E-state index contributed by atoms with van der Waals surface area (Å²) < 4.78 is 0. The number of amides is 3. The van der Waals surface area contributed by atoms with Crippen molar-refractivity contribution in [2.75, 3.05) is 0 Å². The van der Waals surface area contributed by atoms with Gasteiger partial charge in [-0.2, -0.15) is 0 Å². The summed E-state index contributed by atoms with van der Waals surface area (Å²) in [4.78, 5) is 42.8. The molecule has 3 amide bonds. The minimum absolute atomic E-state index is 0.0936. The van der Waals surface area contributed by atoms with Crippen LogP contribution in [-0.2, 0) is 17.9 Å². The molecule has 7 nitrogen and oxygen atoms in total. The number of nitrogens with zero attached hydrogens (tertiary/aromatic N) is 1. The second kappa shape index (κ2) is 12.3. The molecule has 0 bridgehead atoms. The van der Waals surface area contributed by atoms with Crippen molar-refractivity contribution >= 4 is 40.9 Å². The lowest BCUT2D eigenvalue weighted by Crippen LogP contribution is -2.49. The van der Waals surface area contributed by atoms with Crippen molar-refractivity contribution in [2.45, 2.75) is 33.0 Å². The molecule has 0 fully saturated rings. The third kappa shape index (κ3) is 7.04. The highest BCUT2D eigenvalue weighted by atomic mass is 35.5. The molecule has 1 aromatic heterocycles. The first-order valence-electron chi connectivity index (χ1n) is 11.1. The van der Waals surface area contributed by atoms with Crippen molar-refractivity contribution in [2.24, 2.45) is 5.92 Å². The topological polar surface area (TPSA) is 100 Å². The maximum atomic E-state index is 13.1. The Morgan fingerprint density at radius 1 is 0.800 bits per heavy atom. The monoisotopic (exact) mass is 512 g/mol. The molecule has 0 saturated heterocycles. The molecule has 0 radical (unpaired) electrons. The van der Waals surface area contributed by atoms with E-state index in [9.17, 15) is 14.4 Å². The summed E-state index contributed by atoms with van der Waals surface area (Å²) in [6.45, 7) is 4.06. The number of rotatable bonds is 9. The van der Waals surface area contributed by atoms with Gasteiger partial charge in [0, 0.05) is 35.5 Å². The van der Waals surface area contributed by atoms with Gasteiger partial charge >= 0.3 is 0 Å². The minimum Gasteiger partial charge on any atom is -0.350 e. The average Bonchev–Trinajstić information content (AvgIpc) is 2.85. The van der Waals surface area contributed by atoms with Gasteiger partial charge in [0.15, 0.2) is 0 Å². The molecule has 3 N–H and O–H groups in total. The van der Waals surface area contributed by atoms with Gasteiger partial charge in [0.1, 0.15) is 6.04 Å². The Kier molecular flexibility index (Phi) is 9.23.